The lowest BCUT2D eigenvalue weighted by molar-refractivity contribution is -0.0499. The Morgan fingerprint density at radius 1 is 1.48 bits per heavy atom. The summed E-state index contributed by atoms with van der Waals surface area (Å²) in [5.41, 5.74) is 0.136. The molecule has 1 aliphatic heterocycles. The predicted octanol–water partition coefficient (Wildman–Crippen LogP) is 4.25. The van der Waals surface area contributed by atoms with Gasteiger partial charge in [-0.1, -0.05) is 20.8 Å². The lowest BCUT2D eigenvalue weighted by atomic mass is 9.76. The van der Waals surface area contributed by atoms with E-state index in [-0.39, 0.29) is 21.9 Å². The quantitative estimate of drug-likeness (QED) is 0.834. The molecule has 6 heteroatoms. The molecule has 1 unspecified atom stereocenters. The Bertz CT molecular complexity index is 496. The average molecular weight is 317 g/mol. The van der Waals surface area contributed by atoms with Crippen LogP contribution in [0.3, 0.4) is 0 Å². The van der Waals surface area contributed by atoms with Crippen molar-refractivity contribution in [3.05, 3.63) is 16.3 Å². The number of carbonyl (C=O) groups is 1. The smallest absolute Gasteiger partial charge is 0.387 e. The Morgan fingerprint density at radius 2 is 2.19 bits per heavy atom. The average Bonchev–Trinajstić information content (AvgIpc) is 2.84. The van der Waals surface area contributed by atoms with Crippen LogP contribution in [0.4, 0.5) is 8.78 Å². The van der Waals surface area contributed by atoms with Crippen molar-refractivity contribution in [2.45, 2.75) is 40.2 Å². The van der Waals surface area contributed by atoms with Gasteiger partial charge < -0.3 is 9.64 Å². The molecule has 3 nitrogen and oxygen atoms in total. The molecule has 0 N–H and O–H groups in total. The number of alkyl halides is 2. The van der Waals surface area contributed by atoms with Crippen molar-refractivity contribution in [1.82, 2.24) is 4.90 Å². The van der Waals surface area contributed by atoms with Crippen LogP contribution in [-0.2, 0) is 0 Å². The van der Waals surface area contributed by atoms with Gasteiger partial charge in [0.15, 0.2) is 0 Å². The fraction of sp³-hybridized carbons (Fsp3) is 0.667. The molecule has 0 bridgehead atoms. The summed E-state index contributed by atoms with van der Waals surface area (Å²) in [5.74, 6) is 0.210. The minimum atomic E-state index is -2.91. The number of nitrogens with zero attached hydrogens (tertiary/aromatic N) is 1. The van der Waals surface area contributed by atoms with Crippen molar-refractivity contribution >= 4 is 17.2 Å². The van der Waals surface area contributed by atoms with Crippen LogP contribution in [0.5, 0.6) is 5.75 Å². The van der Waals surface area contributed by atoms with Crippen LogP contribution >= 0.6 is 11.3 Å². The molecule has 1 fully saturated rings. The van der Waals surface area contributed by atoms with E-state index in [2.05, 4.69) is 25.5 Å². The number of carbonyl (C=O) groups excluding carboxylic acids is 1. The third kappa shape index (κ3) is 3.93. The van der Waals surface area contributed by atoms with Crippen molar-refractivity contribution < 1.29 is 18.3 Å². The zero-order chi connectivity index (χ0) is 15.6. The number of amides is 1. The standard InChI is InChI=1S/C15H21F2NO2S/c1-15(2,3)10-5-4-7-18(9-10)13(19)12-11(6-8-21-12)20-14(16)17/h6,8,10,14H,4-5,7,9H2,1-3H3. The first-order valence-electron chi connectivity index (χ1n) is 7.10. The normalized spacial score (nSPS) is 19.9. The van der Waals surface area contributed by atoms with Crippen LogP contribution < -0.4 is 4.74 Å². The second-order valence-electron chi connectivity index (χ2n) is 6.45. The highest BCUT2D eigenvalue weighted by Gasteiger charge is 2.33. The molecule has 1 amide bonds. The van der Waals surface area contributed by atoms with Gasteiger partial charge in [0.2, 0.25) is 0 Å². The van der Waals surface area contributed by atoms with Gasteiger partial charge in [-0.15, -0.1) is 11.3 Å². The van der Waals surface area contributed by atoms with Gasteiger partial charge in [0, 0.05) is 13.1 Å². The lowest BCUT2D eigenvalue weighted by Gasteiger charge is -2.39. The maximum atomic E-state index is 12.5. The summed E-state index contributed by atoms with van der Waals surface area (Å²) in [4.78, 5) is 14.6. The van der Waals surface area contributed by atoms with Gasteiger partial charge in [0.25, 0.3) is 5.91 Å². The number of hydrogen-bond donors (Lipinski definition) is 0. The summed E-state index contributed by atoms with van der Waals surface area (Å²) >= 11 is 1.15. The molecule has 1 saturated heterocycles. The summed E-state index contributed by atoms with van der Waals surface area (Å²) in [6, 6.07) is 1.43. The van der Waals surface area contributed by atoms with E-state index < -0.39 is 6.61 Å². The van der Waals surface area contributed by atoms with Gasteiger partial charge in [0.1, 0.15) is 10.6 Å². The summed E-state index contributed by atoms with van der Waals surface area (Å²) < 4.78 is 29.1. The molecule has 0 spiro atoms. The highest BCUT2D eigenvalue weighted by atomic mass is 32.1. The first kappa shape index (κ1) is 16.2. The maximum absolute atomic E-state index is 12.5. The zero-order valence-electron chi connectivity index (χ0n) is 12.6. The minimum absolute atomic E-state index is 0.0158. The monoisotopic (exact) mass is 317 g/mol. The highest BCUT2D eigenvalue weighted by molar-refractivity contribution is 7.12. The Kier molecular flexibility index (Phi) is 4.86. The molecule has 1 aliphatic rings. The van der Waals surface area contributed by atoms with Crippen LogP contribution in [0.1, 0.15) is 43.3 Å². The van der Waals surface area contributed by atoms with E-state index >= 15 is 0 Å². The molecule has 0 aromatic carbocycles. The summed E-state index contributed by atoms with van der Waals surface area (Å²) in [6.07, 6.45) is 2.04. The van der Waals surface area contributed by atoms with Crippen LogP contribution in [0.25, 0.3) is 0 Å². The van der Waals surface area contributed by atoms with Crippen molar-refractivity contribution in [3.63, 3.8) is 0 Å². The first-order valence-corrected chi connectivity index (χ1v) is 7.98. The first-order chi connectivity index (χ1) is 9.79. The van der Waals surface area contributed by atoms with Crippen LogP contribution in [0.2, 0.25) is 0 Å². The SMILES string of the molecule is CC(C)(C)C1CCCN(C(=O)c2sccc2OC(F)F)C1. The van der Waals surface area contributed by atoms with Crippen molar-refractivity contribution in [3.8, 4) is 5.75 Å². The third-order valence-electron chi connectivity index (χ3n) is 3.97. The molecule has 1 atom stereocenters. The Labute approximate surface area is 127 Å². The molecule has 0 aliphatic carbocycles. The van der Waals surface area contributed by atoms with Gasteiger partial charge in [0.05, 0.1) is 0 Å². The molecule has 2 heterocycles. The van der Waals surface area contributed by atoms with Crippen LogP contribution in [0.15, 0.2) is 11.4 Å². The molecule has 0 saturated carbocycles. The van der Waals surface area contributed by atoms with Crippen LogP contribution in [0, 0.1) is 11.3 Å². The second-order valence-corrected chi connectivity index (χ2v) is 7.36. The molecule has 2 rings (SSSR count). The molecule has 0 radical (unpaired) electrons. The number of piperidine rings is 1. The van der Waals surface area contributed by atoms with E-state index in [0.717, 1.165) is 24.2 Å². The molecule has 1 aromatic rings. The number of halogens is 2. The maximum Gasteiger partial charge on any atom is 0.387 e. The van der Waals surface area contributed by atoms with E-state index in [1.54, 1.807) is 10.3 Å². The topological polar surface area (TPSA) is 29.5 Å². The van der Waals surface area contributed by atoms with E-state index in [9.17, 15) is 13.6 Å². The van der Waals surface area contributed by atoms with E-state index in [1.807, 2.05) is 0 Å². The predicted molar refractivity (Wildman–Crippen MR) is 79.0 cm³/mol. The summed E-state index contributed by atoms with van der Waals surface area (Å²) in [5, 5.41) is 1.61. The third-order valence-corrected chi connectivity index (χ3v) is 4.86. The summed E-state index contributed by atoms with van der Waals surface area (Å²) in [6.45, 7) is 4.95. The largest absolute Gasteiger partial charge is 0.433 e. The van der Waals surface area contributed by atoms with E-state index in [0.29, 0.717) is 19.0 Å². The number of thiophene rings is 1. The van der Waals surface area contributed by atoms with E-state index in [4.69, 9.17) is 0 Å². The molecule has 1 aromatic heterocycles. The Hall–Kier alpha value is -1.17. The van der Waals surface area contributed by atoms with Crippen molar-refractivity contribution in [1.29, 1.82) is 0 Å². The van der Waals surface area contributed by atoms with Crippen LogP contribution in [-0.4, -0.2) is 30.5 Å². The van der Waals surface area contributed by atoms with Crippen molar-refractivity contribution in [2.24, 2.45) is 11.3 Å². The molecule has 118 valence electrons. The van der Waals surface area contributed by atoms with E-state index in [1.165, 1.54) is 6.07 Å². The van der Waals surface area contributed by atoms with Crippen molar-refractivity contribution in [2.75, 3.05) is 13.1 Å². The minimum Gasteiger partial charge on any atom is -0.433 e. The Balaban J connectivity index is 2.11. The van der Waals surface area contributed by atoms with Gasteiger partial charge in [-0.2, -0.15) is 8.78 Å². The number of ether oxygens (including phenoxy) is 1. The second kappa shape index (κ2) is 6.30. The van der Waals surface area contributed by atoms with Gasteiger partial charge >= 0.3 is 6.61 Å². The zero-order valence-corrected chi connectivity index (χ0v) is 13.4. The molecular formula is C15H21F2NO2S. The number of rotatable bonds is 3. The molecular weight excluding hydrogens is 296 g/mol. The highest BCUT2D eigenvalue weighted by Crippen LogP contribution is 2.35. The summed E-state index contributed by atoms with van der Waals surface area (Å²) in [7, 11) is 0. The Morgan fingerprint density at radius 3 is 2.81 bits per heavy atom. The molecule has 21 heavy (non-hydrogen) atoms. The lowest BCUT2D eigenvalue weighted by Crippen LogP contribution is -2.43. The van der Waals surface area contributed by atoms with Gasteiger partial charge in [-0.25, -0.2) is 0 Å². The van der Waals surface area contributed by atoms with Gasteiger partial charge in [-0.05, 0) is 35.6 Å². The van der Waals surface area contributed by atoms with Gasteiger partial charge in [-0.3, -0.25) is 4.79 Å². The fourth-order valence-corrected chi connectivity index (χ4v) is 3.44. The number of likely N-dealkylation sites (tertiary alicyclic amines) is 1. The number of hydrogen-bond acceptors (Lipinski definition) is 3. The fourth-order valence-electron chi connectivity index (χ4n) is 2.65.